The second-order valence-electron chi connectivity index (χ2n) is 3.56. The van der Waals surface area contributed by atoms with Gasteiger partial charge in [0, 0.05) is 18.9 Å². The molecule has 0 atom stereocenters. The first-order chi connectivity index (χ1) is 8.96. The molecule has 0 saturated heterocycles. The fourth-order valence-corrected chi connectivity index (χ4v) is 5.55. The standard InChI is InChI=1S/C11H10BrClN2O2S2/c1-2-15(8-3-5-14-6-4-8)19(16,17)10-7-9(13)11(12)18-10/h3-7H,2H2,1H3. The van der Waals surface area contributed by atoms with Crippen LogP contribution in [0.1, 0.15) is 6.92 Å². The molecule has 2 rings (SSSR count). The summed E-state index contributed by atoms with van der Waals surface area (Å²) in [6, 6.07) is 4.77. The molecular weight excluding hydrogens is 372 g/mol. The number of sulfonamides is 1. The lowest BCUT2D eigenvalue weighted by Gasteiger charge is -2.21. The molecule has 0 aliphatic rings. The van der Waals surface area contributed by atoms with Crippen LogP contribution >= 0.6 is 38.9 Å². The van der Waals surface area contributed by atoms with Gasteiger partial charge in [0.1, 0.15) is 4.21 Å². The van der Waals surface area contributed by atoms with Gasteiger partial charge in [-0.1, -0.05) is 11.6 Å². The monoisotopic (exact) mass is 380 g/mol. The van der Waals surface area contributed by atoms with Gasteiger partial charge < -0.3 is 0 Å². The van der Waals surface area contributed by atoms with Crippen molar-refractivity contribution in [1.29, 1.82) is 0 Å². The molecule has 102 valence electrons. The van der Waals surface area contributed by atoms with E-state index in [2.05, 4.69) is 20.9 Å². The molecule has 0 aliphatic carbocycles. The summed E-state index contributed by atoms with van der Waals surface area (Å²) in [6.07, 6.45) is 3.12. The highest BCUT2D eigenvalue weighted by atomic mass is 79.9. The first-order valence-corrected chi connectivity index (χ1v) is 8.77. The number of hydrogen-bond acceptors (Lipinski definition) is 4. The van der Waals surface area contributed by atoms with Crippen molar-refractivity contribution >= 4 is 54.6 Å². The van der Waals surface area contributed by atoms with E-state index in [0.29, 0.717) is 21.0 Å². The molecule has 0 saturated carbocycles. The van der Waals surface area contributed by atoms with Gasteiger partial charge in [-0.05, 0) is 41.1 Å². The summed E-state index contributed by atoms with van der Waals surface area (Å²) in [5.74, 6) is 0. The van der Waals surface area contributed by atoms with Crippen molar-refractivity contribution in [1.82, 2.24) is 4.98 Å². The molecule has 0 aliphatic heterocycles. The third-order valence-electron chi connectivity index (χ3n) is 2.40. The van der Waals surface area contributed by atoms with Crippen LogP contribution in [0.15, 0.2) is 38.6 Å². The molecule has 0 fully saturated rings. The molecule has 19 heavy (non-hydrogen) atoms. The molecule has 2 aromatic heterocycles. The van der Waals surface area contributed by atoms with E-state index in [0.717, 1.165) is 11.3 Å². The first-order valence-electron chi connectivity index (χ1n) is 5.34. The zero-order chi connectivity index (χ0) is 14.0. The van der Waals surface area contributed by atoms with E-state index >= 15 is 0 Å². The van der Waals surface area contributed by atoms with Crippen molar-refractivity contribution in [2.45, 2.75) is 11.1 Å². The number of nitrogens with zero attached hydrogens (tertiary/aromatic N) is 2. The Kier molecular flexibility index (Phi) is 4.50. The average molecular weight is 382 g/mol. The maximum absolute atomic E-state index is 12.6. The number of anilines is 1. The van der Waals surface area contributed by atoms with Gasteiger partial charge in [-0.3, -0.25) is 9.29 Å². The van der Waals surface area contributed by atoms with E-state index < -0.39 is 10.0 Å². The third-order valence-corrected chi connectivity index (χ3v) is 7.23. The SMILES string of the molecule is CCN(c1ccncc1)S(=O)(=O)c1cc(Cl)c(Br)s1. The summed E-state index contributed by atoms with van der Waals surface area (Å²) in [6.45, 7) is 2.11. The molecule has 0 amide bonds. The van der Waals surface area contributed by atoms with Crippen LogP contribution in [0.3, 0.4) is 0 Å². The third kappa shape index (κ3) is 2.94. The summed E-state index contributed by atoms with van der Waals surface area (Å²) >= 11 is 10.2. The fourth-order valence-electron chi connectivity index (χ4n) is 1.56. The van der Waals surface area contributed by atoms with Gasteiger partial charge in [0.15, 0.2) is 0 Å². The number of halogens is 2. The second-order valence-corrected chi connectivity index (χ2v) is 8.43. The minimum atomic E-state index is -3.60. The average Bonchev–Trinajstić information content (AvgIpc) is 2.72. The van der Waals surface area contributed by atoms with E-state index in [4.69, 9.17) is 11.6 Å². The van der Waals surface area contributed by atoms with Gasteiger partial charge in [-0.25, -0.2) is 8.42 Å². The van der Waals surface area contributed by atoms with E-state index in [1.807, 2.05) is 0 Å². The van der Waals surface area contributed by atoms with E-state index in [1.165, 1.54) is 10.4 Å². The molecule has 0 radical (unpaired) electrons. The Labute approximate surface area is 129 Å². The lowest BCUT2D eigenvalue weighted by atomic mass is 10.4. The van der Waals surface area contributed by atoms with Crippen LogP contribution in [0.25, 0.3) is 0 Å². The Morgan fingerprint density at radius 3 is 2.53 bits per heavy atom. The van der Waals surface area contributed by atoms with Crippen molar-refractivity contribution in [2.75, 3.05) is 10.8 Å². The van der Waals surface area contributed by atoms with Crippen LogP contribution in [0.5, 0.6) is 0 Å². The number of aromatic nitrogens is 1. The Hall–Kier alpha value is -0.630. The number of pyridine rings is 1. The Bertz CT molecular complexity index is 654. The predicted octanol–water partition coefficient (Wildman–Crippen LogP) is 3.77. The van der Waals surface area contributed by atoms with E-state index in [9.17, 15) is 8.42 Å². The molecule has 0 N–H and O–H groups in total. The van der Waals surface area contributed by atoms with Gasteiger partial charge in [0.05, 0.1) is 14.5 Å². The summed E-state index contributed by atoms with van der Waals surface area (Å²) < 4.78 is 27.3. The van der Waals surface area contributed by atoms with Gasteiger partial charge in [0.25, 0.3) is 10.0 Å². The lowest BCUT2D eigenvalue weighted by molar-refractivity contribution is 0.594. The minimum Gasteiger partial charge on any atom is -0.266 e. The minimum absolute atomic E-state index is 0.211. The summed E-state index contributed by atoms with van der Waals surface area (Å²) in [7, 11) is -3.60. The molecule has 2 heterocycles. The van der Waals surface area contributed by atoms with Crippen molar-refractivity contribution < 1.29 is 8.42 Å². The normalized spacial score (nSPS) is 11.5. The quantitative estimate of drug-likeness (QED) is 0.810. The summed E-state index contributed by atoms with van der Waals surface area (Å²) in [4.78, 5) is 3.89. The van der Waals surface area contributed by atoms with Crippen LogP contribution in [0, 0.1) is 0 Å². The highest BCUT2D eigenvalue weighted by Gasteiger charge is 2.26. The maximum atomic E-state index is 12.6. The zero-order valence-electron chi connectivity index (χ0n) is 9.88. The van der Waals surface area contributed by atoms with Crippen LogP contribution in [-0.4, -0.2) is 19.9 Å². The second kappa shape index (κ2) is 5.78. The maximum Gasteiger partial charge on any atom is 0.273 e. The van der Waals surface area contributed by atoms with Crippen molar-refractivity contribution in [3.05, 3.63) is 39.4 Å². The lowest BCUT2D eigenvalue weighted by Crippen LogP contribution is -2.30. The van der Waals surface area contributed by atoms with Gasteiger partial charge in [0.2, 0.25) is 0 Å². The number of rotatable bonds is 4. The molecule has 4 nitrogen and oxygen atoms in total. The molecular formula is C11H10BrClN2O2S2. The first kappa shape index (κ1) is 14.8. The predicted molar refractivity (Wildman–Crippen MR) is 81.5 cm³/mol. The largest absolute Gasteiger partial charge is 0.273 e. The Balaban J connectivity index is 2.48. The van der Waals surface area contributed by atoms with E-state index in [1.54, 1.807) is 31.5 Å². The van der Waals surface area contributed by atoms with Gasteiger partial charge >= 0.3 is 0 Å². The molecule has 0 unspecified atom stereocenters. The van der Waals surface area contributed by atoms with Crippen LogP contribution in [0.2, 0.25) is 5.02 Å². The highest BCUT2D eigenvalue weighted by Crippen LogP contribution is 2.36. The van der Waals surface area contributed by atoms with Crippen LogP contribution in [0.4, 0.5) is 5.69 Å². The van der Waals surface area contributed by atoms with Crippen LogP contribution < -0.4 is 4.31 Å². The number of thiophene rings is 1. The topological polar surface area (TPSA) is 50.3 Å². The fraction of sp³-hybridized carbons (Fsp3) is 0.182. The van der Waals surface area contributed by atoms with Crippen molar-refractivity contribution in [3.8, 4) is 0 Å². The number of hydrogen-bond donors (Lipinski definition) is 0. The molecule has 0 bridgehead atoms. The van der Waals surface area contributed by atoms with E-state index in [-0.39, 0.29) is 4.21 Å². The summed E-state index contributed by atoms with van der Waals surface area (Å²) in [5.41, 5.74) is 0.582. The Morgan fingerprint density at radius 2 is 2.05 bits per heavy atom. The molecule has 0 spiro atoms. The van der Waals surface area contributed by atoms with Crippen molar-refractivity contribution in [2.24, 2.45) is 0 Å². The van der Waals surface area contributed by atoms with Crippen LogP contribution in [-0.2, 0) is 10.0 Å². The molecule has 8 heteroatoms. The highest BCUT2D eigenvalue weighted by molar-refractivity contribution is 9.11. The Morgan fingerprint density at radius 1 is 1.42 bits per heavy atom. The molecule has 0 aromatic carbocycles. The molecule has 2 aromatic rings. The smallest absolute Gasteiger partial charge is 0.266 e. The van der Waals surface area contributed by atoms with Gasteiger partial charge in [-0.2, -0.15) is 0 Å². The zero-order valence-corrected chi connectivity index (χ0v) is 13.9. The van der Waals surface area contributed by atoms with Crippen molar-refractivity contribution in [3.63, 3.8) is 0 Å². The van der Waals surface area contributed by atoms with Gasteiger partial charge in [-0.15, -0.1) is 11.3 Å². The summed E-state index contributed by atoms with van der Waals surface area (Å²) in [5, 5.41) is 0.398.